The van der Waals surface area contributed by atoms with Crippen molar-refractivity contribution in [1.82, 2.24) is 0 Å². The Hall–Kier alpha value is -3.03. The first-order valence-corrected chi connectivity index (χ1v) is 14.3. The zero-order valence-electron chi connectivity index (χ0n) is 20.8. The van der Waals surface area contributed by atoms with Gasteiger partial charge in [-0.25, -0.2) is 8.42 Å². The number of benzene rings is 2. The van der Waals surface area contributed by atoms with Crippen LogP contribution in [0.1, 0.15) is 26.3 Å². The van der Waals surface area contributed by atoms with Crippen LogP contribution in [0.3, 0.4) is 0 Å². The Kier molecular flexibility index (Phi) is 7.38. The average Bonchev–Trinajstić information content (AvgIpc) is 3.21. The Morgan fingerprint density at radius 3 is 2.63 bits per heavy atom. The van der Waals surface area contributed by atoms with Gasteiger partial charge < -0.3 is 9.64 Å². The van der Waals surface area contributed by atoms with Gasteiger partial charge in [0.15, 0.2) is 16.0 Å². The van der Waals surface area contributed by atoms with E-state index >= 15 is 0 Å². The van der Waals surface area contributed by atoms with Crippen molar-refractivity contribution in [2.24, 2.45) is 0 Å². The maximum absolute atomic E-state index is 12.0. The Bertz CT molecular complexity index is 1470. The van der Waals surface area contributed by atoms with Crippen LogP contribution in [0, 0.1) is 0 Å². The highest BCUT2D eigenvalue weighted by Crippen LogP contribution is 2.46. The number of anilines is 1. The molecule has 4 rings (SSSR count). The van der Waals surface area contributed by atoms with Gasteiger partial charge in [-0.15, -0.1) is 0 Å². The number of hydrogen-bond acceptors (Lipinski definition) is 5. The van der Waals surface area contributed by atoms with Gasteiger partial charge in [-0.3, -0.25) is 0 Å². The van der Waals surface area contributed by atoms with E-state index in [0.717, 1.165) is 51.0 Å². The number of nitrogens with zero attached hydrogens (tertiary/aromatic N) is 2. The molecule has 0 aliphatic carbocycles. The first-order valence-electron chi connectivity index (χ1n) is 11.6. The highest BCUT2D eigenvalue weighted by molar-refractivity contribution is 8.03. The zero-order chi connectivity index (χ0) is 25.2. The van der Waals surface area contributed by atoms with E-state index in [-0.39, 0.29) is 0 Å². The molecule has 1 aliphatic rings. The van der Waals surface area contributed by atoms with Crippen molar-refractivity contribution in [1.29, 1.82) is 0 Å². The maximum atomic E-state index is 12.0. The Morgan fingerprint density at radius 1 is 1.14 bits per heavy atom. The first kappa shape index (κ1) is 25.1. The molecule has 5 nitrogen and oxygen atoms in total. The zero-order valence-corrected chi connectivity index (χ0v) is 22.4. The number of thioether (sulfide) groups is 1. The topological polar surface area (TPSA) is 50.5 Å². The molecule has 0 spiro atoms. The summed E-state index contributed by atoms with van der Waals surface area (Å²) in [6.45, 7) is 8.03. The number of rotatable bonds is 7. The predicted octanol–water partition coefficient (Wildman–Crippen LogP) is 5.99. The maximum Gasteiger partial charge on any atom is 0.213 e. The summed E-state index contributed by atoms with van der Waals surface area (Å²) >= 11 is 1.60. The summed E-state index contributed by atoms with van der Waals surface area (Å²) in [4.78, 5) is 3.53. The van der Waals surface area contributed by atoms with Gasteiger partial charge in [-0.2, -0.15) is 4.57 Å². The highest BCUT2D eigenvalue weighted by atomic mass is 32.2. The van der Waals surface area contributed by atoms with Gasteiger partial charge in [0, 0.05) is 29.8 Å². The Balaban J connectivity index is 1.61. The van der Waals surface area contributed by atoms with Crippen LogP contribution in [0.15, 0.2) is 87.3 Å². The second-order valence-corrected chi connectivity index (χ2v) is 11.5. The predicted molar refractivity (Wildman–Crippen MR) is 146 cm³/mol. The fourth-order valence-electron chi connectivity index (χ4n) is 4.13. The summed E-state index contributed by atoms with van der Waals surface area (Å²) in [5, 5.41) is 2.23. The Morgan fingerprint density at radius 2 is 1.94 bits per heavy atom. The van der Waals surface area contributed by atoms with E-state index in [0.29, 0.717) is 4.90 Å². The molecule has 3 aromatic rings. The molecule has 0 atom stereocenters. The minimum atomic E-state index is -3.23. The molecular formula is C28H31N2O3S2+. The van der Waals surface area contributed by atoms with Gasteiger partial charge in [-0.1, -0.05) is 35.6 Å². The summed E-state index contributed by atoms with van der Waals surface area (Å²) in [7, 11) is -1.54. The summed E-state index contributed by atoms with van der Waals surface area (Å²) in [6.07, 6.45) is 11.8. The van der Waals surface area contributed by atoms with Crippen molar-refractivity contribution in [2.75, 3.05) is 24.8 Å². The summed E-state index contributed by atoms with van der Waals surface area (Å²) in [5.41, 5.74) is 4.47. The van der Waals surface area contributed by atoms with Gasteiger partial charge in [0.05, 0.1) is 28.1 Å². The average molecular weight is 508 g/mol. The number of aryl methyl sites for hydroxylation is 1. The summed E-state index contributed by atoms with van der Waals surface area (Å²) in [5.74, 6) is 0.842. The molecule has 0 amide bonds. The lowest BCUT2D eigenvalue weighted by atomic mass is 10.1. The number of pyridine rings is 1. The summed E-state index contributed by atoms with van der Waals surface area (Å²) in [6, 6.07) is 13.7. The van der Waals surface area contributed by atoms with Crippen LogP contribution in [-0.2, 0) is 16.4 Å². The van der Waals surface area contributed by atoms with E-state index in [9.17, 15) is 8.42 Å². The van der Waals surface area contributed by atoms with E-state index in [1.54, 1.807) is 31.0 Å². The van der Waals surface area contributed by atoms with E-state index in [1.807, 2.05) is 12.1 Å². The van der Waals surface area contributed by atoms with Crippen LogP contribution in [0.4, 0.5) is 5.69 Å². The van der Waals surface area contributed by atoms with Crippen molar-refractivity contribution in [3.8, 4) is 5.75 Å². The van der Waals surface area contributed by atoms with Crippen LogP contribution in [0.5, 0.6) is 5.75 Å². The van der Waals surface area contributed by atoms with Crippen LogP contribution in [0.25, 0.3) is 17.0 Å². The van der Waals surface area contributed by atoms with Crippen molar-refractivity contribution < 1.29 is 17.7 Å². The van der Waals surface area contributed by atoms with Gasteiger partial charge in [-0.05, 0) is 62.7 Å². The van der Waals surface area contributed by atoms with E-state index in [1.165, 1.54) is 11.8 Å². The molecule has 0 saturated carbocycles. The van der Waals surface area contributed by atoms with Gasteiger partial charge in [0.25, 0.3) is 0 Å². The highest BCUT2D eigenvalue weighted by Gasteiger charge is 2.25. The van der Waals surface area contributed by atoms with Crippen LogP contribution >= 0.6 is 11.8 Å². The molecule has 1 aliphatic heterocycles. The van der Waals surface area contributed by atoms with Gasteiger partial charge in [0.2, 0.25) is 5.52 Å². The monoisotopic (exact) mass is 507 g/mol. The third-order valence-electron chi connectivity index (χ3n) is 6.06. The van der Waals surface area contributed by atoms with Crippen molar-refractivity contribution in [2.45, 2.75) is 37.1 Å². The summed E-state index contributed by atoms with van der Waals surface area (Å²) < 4.78 is 31.6. The lowest BCUT2D eigenvalue weighted by molar-refractivity contribution is -0.667. The molecule has 2 heterocycles. The molecule has 0 N–H and O–H groups in total. The molecule has 7 heteroatoms. The van der Waals surface area contributed by atoms with Gasteiger partial charge >= 0.3 is 0 Å². The smallest absolute Gasteiger partial charge is 0.213 e. The third-order valence-corrected chi connectivity index (χ3v) is 8.28. The Labute approximate surface area is 212 Å². The number of hydrogen-bond donors (Lipinski definition) is 0. The molecule has 1 aromatic heterocycles. The second-order valence-electron chi connectivity index (χ2n) is 8.44. The number of methoxy groups -OCH3 is 1. The molecule has 35 heavy (non-hydrogen) atoms. The normalized spacial score (nSPS) is 15.4. The molecule has 0 fully saturated rings. The molecule has 0 unspecified atom stereocenters. The number of allylic oxidation sites excluding steroid dienone is 4. The third kappa shape index (κ3) is 5.31. The van der Waals surface area contributed by atoms with E-state index in [2.05, 4.69) is 78.9 Å². The van der Waals surface area contributed by atoms with Crippen molar-refractivity contribution in [3.05, 3.63) is 83.1 Å². The number of ether oxygens (including phenoxy) is 1. The number of sulfone groups is 1. The SMILES string of the molecule is CCN1/C(=C/C=C(C)/C=C/c2cc[n+](CC)c3ccc(OC)cc23)Sc2cc(S(C)(=O)=O)ccc21. The van der Waals surface area contributed by atoms with E-state index in [4.69, 9.17) is 4.74 Å². The molecule has 182 valence electrons. The number of aromatic nitrogens is 1. The van der Waals surface area contributed by atoms with E-state index < -0.39 is 9.84 Å². The lowest BCUT2D eigenvalue weighted by Crippen LogP contribution is -2.32. The first-order chi connectivity index (χ1) is 16.7. The van der Waals surface area contributed by atoms with Crippen molar-refractivity contribution >= 4 is 44.3 Å². The standard InChI is InChI=1S/C28H31N2O3S2/c1-6-29-17-16-21(24-18-22(33-4)11-13-25(24)29)10-8-20(3)9-15-28-30(7-2)26-14-12-23(35(5,31)32)19-27(26)34-28/h8-19H,6-7H2,1-5H3/q+1. The quantitative estimate of drug-likeness (QED) is 0.290. The molecule has 0 radical (unpaired) electrons. The van der Waals surface area contributed by atoms with Crippen LogP contribution in [0.2, 0.25) is 0 Å². The fourth-order valence-corrected chi connectivity index (χ4v) is 6.02. The number of fused-ring (bicyclic) bond motifs is 2. The fraction of sp³-hybridized carbons (Fsp3) is 0.250. The van der Waals surface area contributed by atoms with Crippen LogP contribution in [-0.4, -0.2) is 28.3 Å². The van der Waals surface area contributed by atoms with Crippen LogP contribution < -0.4 is 14.2 Å². The molecular weight excluding hydrogens is 476 g/mol. The molecule has 0 saturated heterocycles. The largest absolute Gasteiger partial charge is 0.497 e. The second kappa shape index (κ2) is 10.3. The minimum absolute atomic E-state index is 0.354. The minimum Gasteiger partial charge on any atom is -0.497 e. The van der Waals surface area contributed by atoms with Gasteiger partial charge in [0.1, 0.15) is 12.3 Å². The molecule has 0 bridgehead atoms. The molecule has 2 aromatic carbocycles. The lowest BCUT2D eigenvalue weighted by Gasteiger charge is -2.17. The van der Waals surface area contributed by atoms with Crippen molar-refractivity contribution in [3.63, 3.8) is 0 Å².